The van der Waals surface area contributed by atoms with Crippen LogP contribution in [0.15, 0.2) is 24.3 Å². The molecule has 1 aliphatic heterocycles. The highest BCUT2D eigenvalue weighted by Gasteiger charge is 2.37. The molecule has 1 aromatic carbocycles. The van der Waals surface area contributed by atoms with Crippen molar-refractivity contribution in [1.82, 2.24) is 15.1 Å². The fourth-order valence-corrected chi connectivity index (χ4v) is 4.80. The van der Waals surface area contributed by atoms with E-state index in [4.69, 9.17) is 4.74 Å². The van der Waals surface area contributed by atoms with Crippen LogP contribution in [0.25, 0.3) is 0 Å². The van der Waals surface area contributed by atoms with Gasteiger partial charge in [-0.3, -0.25) is 9.59 Å². The van der Waals surface area contributed by atoms with Crippen LogP contribution in [-0.4, -0.2) is 60.4 Å². The van der Waals surface area contributed by atoms with Gasteiger partial charge in [-0.05, 0) is 44.8 Å². The molecule has 0 aromatic heterocycles. The summed E-state index contributed by atoms with van der Waals surface area (Å²) in [5.41, 5.74) is 0.971. The first kappa shape index (κ1) is 23.6. The minimum absolute atomic E-state index is 0.0420. The first-order chi connectivity index (χ1) is 15.1. The van der Waals surface area contributed by atoms with Crippen molar-refractivity contribution in [3.05, 3.63) is 29.8 Å². The lowest BCUT2D eigenvalue weighted by Gasteiger charge is -2.30. The normalized spacial score (nSPS) is 19.6. The Balaban J connectivity index is 1.53. The Hall–Kier alpha value is -2.08. The van der Waals surface area contributed by atoms with Gasteiger partial charge in [0.05, 0.1) is 0 Å². The highest BCUT2D eigenvalue weighted by atomic mass is 16.5. The van der Waals surface area contributed by atoms with E-state index >= 15 is 0 Å². The molecular weight excluding hydrogens is 390 g/mol. The average molecular weight is 430 g/mol. The standard InChI is InChI=1S/C25H39N3O3/c1-3-27(4-2)17-18-31-23-15-9-8-13-21(23)19-26-24(29)22-14-10-16-28(22)25(30)20-11-6-5-7-12-20/h8-9,13,15,20,22H,3-7,10-12,14,16-19H2,1-2H3,(H,26,29). The Labute approximate surface area is 187 Å². The Bertz CT molecular complexity index is 714. The number of benzene rings is 1. The molecule has 31 heavy (non-hydrogen) atoms. The molecule has 1 unspecified atom stereocenters. The van der Waals surface area contributed by atoms with Gasteiger partial charge in [0.25, 0.3) is 0 Å². The fraction of sp³-hybridized carbons (Fsp3) is 0.680. The number of amides is 2. The zero-order chi connectivity index (χ0) is 22.1. The number of hydrogen-bond acceptors (Lipinski definition) is 4. The van der Waals surface area contributed by atoms with Gasteiger partial charge in [-0.1, -0.05) is 51.3 Å². The van der Waals surface area contributed by atoms with Crippen LogP contribution in [0.2, 0.25) is 0 Å². The lowest BCUT2D eigenvalue weighted by molar-refractivity contribution is -0.142. The second kappa shape index (κ2) is 12.1. The van der Waals surface area contributed by atoms with Crippen LogP contribution < -0.4 is 10.1 Å². The van der Waals surface area contributed by atoms with Crippen LogP contribution in [-0.2, 0) is 16.1 Å². The molecule has 0 radical (unpaired) electrons. The molecule has 3 rings (SSSR count). The summed E-state index contributed by atoms with van der Waals surface area (Å²) < 4.78 is 6.01. The second-order valence-corrected chi connectivity index (χ2v) is 8.73. The van der Waals surface area contributed by atoms with E-state index in [1.807, 2.05) is 29.2 Å². The maximum Gasteiger partial charge on any atom is 0.243 e. The summed E-state index contributed by atoms with van der Waals surface area (Å²) in [4.78, 5) is 30.1. The van der Waals surface area contributed by atoms with E-state index in [-0.39, 0.29) is 23.8 Å². The van der Waals surface area contributed by atoms with E-state index in [1.54, 1.807) is 0 Å². The summed E-state index contributed by atoms with van der Waals surface area (Å²) in [5.74, 6) is 1.08. The molecule has 172 valence electrons. The number of likely N-dealkylation sites (N-methyl/N-ethyl adjacent to an activating group) is 1. The van der Waals surface area contributed by atoms with Gasteiger partial charge in [0.1, 0.15) is 18.4 Å². The Morgan fingerprint density at radius 3 is 2.55 bits per heavy atom. The fourth-order valence-electron chi connectivity index (χ4n) is 4.80. The lowest BCUT2D eigenvalue weighted by atomic mass is 9.88. The zero-order valence-corrected chi connectivity index (χ0v) is 19.3. The van der Waals surface area contributed by atoms with Crippen LogP contribution in [0.5, 0.6) is 5.75 Å². The van der Waals surface area contributed by atoms with Gasteiger partial charge in [0.15, 0.2) is 0 Å². The third kappa shape index (κ3) is 6.45. The minimum Gasteiger partial charge on any atom is -0.492 e. The number of nitrogens with one attached hydrogen (secondary N) is 1. The number of ether oxygens (including phenoxy) is 1. The van der Waals surface area contributed by atoms with E-state index in [1.165, 1.54) is 6.42 Å². The van der Waals surface area contributed by atoms with Gasteiger partial charge in [-0.15, -0.1) is 0 Å². The van der Waals surface area contributed by atoms with E-state index in [9.17, 15) is 9.59 Å². The van der Waals surface area contributed by atoms with Gasteiger partial charge in [-0.2, -0.15) is 0 Å². The summed E-state index contributed by atoms with van der Waals surface area (Å²) in [7, 11) is 0. The molecule has 2 aliphatic rings. The van der Waals surface area contributed by atoms with Gasteiger partial charge < -0.3 is 19.9 Å². The topological polar surface area (TPSA) is 61.9 Å². The Kier molecular flexibility index (Phi) is 9.19. The number of nitrogens with zero attached hydrogens (tertiary/aromatic N) is 2. The van der Waals surface area contributed by atoms with E-state index in [2.05, 4.69) is 24.1 Å². The molecule has 2 fully saturated rings. The summed E-state index contributed by atoms with van der Waals surface area (Å²) in [5, 5.41) is 3.07. The molecule has 0 spiro atoms. The van der Waals surface area contributed by atoms with Crippen molar-refractivity contribution < 1.29 is 14.3 Å². The van der Waals surface area contributed by atoms with Crippen molar-refractivity contribution in [3.8, 4) is 5.75 Å². The predicted molar refractivity (Wildman–Crippen MR) is 123 cm³/mol. The van der Waals surface area contributed by atoms with Crippen molar-refractivity contribution >= 4 is 11.8 Å². The molecular formula is C25H39N3O3. The van der Waals surface area contributed by atoms with Crippen molar-refractivity contribution in [2.45, 2.75) is 71.4 Å². The quantitative estimate of drug-likeness (QED) is 0.617. The number of hydrogen-bond donors (Lipinski definition) is 1. The smallest absolute Gasteiger partial charge is 0.243 e. The largest absolute Gasteiger partial charge is 0.492 e. The molecule has 6 heteroatoms. The molecule has 1 atom stereocenters. The summed E-state index contributed by atoms with van der Waals surface area (Å²) in [6, 6.07) is 7.54. The van der Waals surface area contributed by atoms with Crippen molar-refractivity contribution in [2.24, 2.45) is 5.92 Å². The minimum atomic E-state index is -0.329. The number of para-hydroxylation sites is 1. The van der Waals surface area contributed by atoms with Gasteiger partial charge in [0, 0.05) is 31.1 Å². The molecule has 2 amide bonds. The second-order valence-electron chi connectivity index (χ2n) is 8.73. The first-order valence-corrected chi connectivity index (χ1v) is 12.1. The van der Waals surface area contributed by atoms with Crippen molar-refractivity contribution in [1.29, 1.82) is 0 Å². The lowest BCUT2D eigenvalue weighted by Crippen LogP contribution is -2.48. The van der Waals surface area contributed by atoms with E-state index in [0.29, 0.717) is 19.7 Å². The Morgan fingerprint density at radius 2 is 1.81 bits per heavy atom. The Morgan fingerprint density at radius 1 is 1.06 bits per heavy atom. The maximum atomic E-state index is 13.0. The maximum absolute atomic E-state index is 13.0. The van der Waals surface area contributed by atoms with Crippen LogP contribution in [0.4, 0.5) is 0 Å². The first-order valence-electron chi connectivity index (χ1n) is 12.1. The van der Waals surface area contributed by atoms with Gasteiger partial charge in [0.2, 0.25) is 11.8 Å². The highest BCUT2D eigenvalue weighted by Crippen LogP contribution is 2.29. The third-order valence-electron chi connectivity index (χ3n) is 6.78. The molecule has 1 aliphatic carbocycles. The number of likely N-dealkylation sites (tertiary alicyclic amines) is 1. The van der Waals surface area contributed by atoms with E-state index < -0.39 is 0 Å². The third-order valence-corrected chi connectivity index (χ3v) is 6.78. The van der Waals surface area contributed by atoms with Crippen LogP contribution in [0.3, 0.4) is 0 Å². The van der Waals surface area contributed by atoms with E-state index in [0.717, 1.165) is 69.5 Å². The van der Waals surface area contributed by atoms with Gasteiger partial charge in [-0.25, -0.2) is 0 Å². The van der Waals surface area contributed by atoms with Crippen LogP contribution in [0, 0.1) is 5.92 Å². The van der Waals surface area contributed by atoms with Crippen molar-refractivity contribution in [2.75, 3.05) is 32.8 Å². The summed E-state index contributed by atoms with van der Waals surface area (Å²) in [6.07, 6.45) is 7.10. The molecule has 1 aromatic rings. The monoisotopic (exact) mass is 429 g/mol. The van der Waals surface area contributed by atoms with Crippen LogP contribution in [0.1, 0.15) is 64.4 Å². The molecule has 6 nitrogen and oxygen atoms in total. The predicted octanol–water partition coefficient (Wildman–Crippen LogP) is 3.59. The summed E-state index contributed by atoms with van der Waals surface area (Å²) >= 11 is 0. The zero-order valence-electron chi connectivity index (χ0n) is 19.3. The number of carbonyl (C=O) groups excluding carboxylic acids is 2. The number of carbonyl (C=O) groups is 2. The van der Waals surface area contributed by atoms with Crippen molar-refractivity contribution in [3.63, 3.8) is 0 Å². The highest BCUT2D eigenvalue weighted by molar-refractivity contribution is 5.89. The number of rotatable bonds is 10. The molecule has 1 saturated heterocycles. The molecule has 0 bridgehead atoms. The molecule has 1 heterocycles. The average Bonchev–Trinajstić information content (AvgIpc) is 3.31. The summed E-state index contributed by atoms with van der Waals surface area (Å²) in [6.45, 7) is 8.95. The van der Waals surface area contributed by atoms with Crippen LogP contribution >= 0.6 is 0 Å². The SMILES string of the molecule is CCN(CC)CCOc1ccccc1CNC(=O)C1CCCN1C(=O)C1CCCCC1. The molecule has 1 saturated carbocycles. The van der Waals surface area contributed by atoms with Gasteiger partial charge >= 0.3 is 0 Å². The molecule has 1 N–H and O–H groups in total.